The van der Waals surface area contributed by atoms with Gasteiger partial charge in [-0.15, -0.1) is 0 Å². The van der Waals surface area contributed by atoms with Crippen LogP contribution in [0.5, 0.6) is 0 Å². The highest BCUT2D eigenvalue weighted by Gasteiger charge is 2.13. The van der Waals surface area contributed by atoms with Gasteiger partial charge in [-0.3, -0.25) is 4.90 Å². The summed E-state index contributed by atoms with van der Waals surface area (Å²) in [7, 11) is 0. The van der Waals surface area contributed by atoms with Crippen molar-refractivity contribution in [1.82, 2.24) is 10.2 Å². The fourth-order valence-electron chi connectivity index (χ4n) is 0.993. The average molecular weight is 178 g/mol. The summed E-state index contributed by atoms with van der Waals surface area (Å²) >= 11 is 0. The van der Waals surface area contributed by atoms with E-state index >= 15 is 0 Å². The molecule has 2 heterocycles. The van der Waals surface area contributed by atoms with Crippen molar-refractivity contribution < 1.29 is 0 Å². The van der Waals surface area contributed by atoms with Crippen molar-refractivity contribution in [3.05, 3.63) is 24.4 Å². The zero-order chi connectivity index (χ0) is 9.68. The van der Waals surface area contributed by atoms with E-state index in [9.17, 15) is 0 Å². The van der Waals surface area contributed by atoms with Crippen molar-refractivity contribution in [3.8, 4) is 0 Å². The van der Waals surface area contributed by atoms with E-state index in [0.29, 0.717) is 0 Å². The number of aliphatic imine (C=N–C) groups is 2. The van der Waals surface area contributed by atoms with Gasteiger partial charge in [-0.2, -0.15) is 0 Å². The molecule has 2 aliphatic rings. The maximum Gasteiger partial charge on any atom is 0.156 e. The van der Waals surface area contributed by atoms with Crippen molar-refractivity contribution in [1.29, 1.82) is 0 Å². The third-order valence-corrected chi connectivity index (χ3v) is 1.56. The monoisotopic (exact) mass is 178 g/mol. The molecule has 2 rings (SSSR count). The molecule has 0 atom stereocenters. The Labute approximate surface area is 78.4 Å². The van der Waals surface area contributed by atoms with Crippen LogP contribution in [-0.2, 0) is 0 Å². The Morgan fingerprint density at radius 3 is 2.85 bits per heavy atom. The second-order valence-corrected chi connectivity index (χ2v) is 2.28. The van der Waals surface area contributed by atoms with Gasteiger partial charge in [-0.05, 0) is 6.92 Å². The van der Waals surface area contributed by atoms with E-state index in [1.165, 1.54) is 0 Å². The number of hydrogen-bond acceptors (Lipinski definition) is 4. The number of amidine groups is 1. The summed E-state index contributed by atoms with van der Waals surface area (Å²) < 4.78 is 0. The summed E-state index contributed by atoms with van der Waals surface area (Å²) in [5.74, 6) is 1.81. The predicted octanol–water partition coefficient (Wildman–Crippen LogP) is 1.65. The first-order valence-corrected chi connectivity index (χ1v) is 4.37. The number of fused-ring (bicyclic) bond motifs is 1. The smallest absolute Gasteiger partial charge is 0.156 e. The van der Waals surface area contributed by atoms with Crippen LogP contribution in [-0.4, -0.2) is 17.1 Å². The second kappa shape index (κ2) is 4.45. The van der Waals surface area contributed by atoms with E-state index in [4.69, 9.17) is 0 Å². The summed E-state index contributed by atoms with van der Waals surface area (Å²) in [6.45, 7) is 5.94. The lowest BCUT2D eigenvalue weighted by atomic mass is 10.4. The molecule has 0 saturated carbocycles. The van der Waals surface area contributed by atoms with Crippen LogP contribution in [0.25, 0.3) is 0 Å². The molecule has 13 heavy (non-hydrogen) atoms. The van der Waals surface area contributed by atoms with Gasteiger partial charge in [0.05, 0.1) is 0 Å². The van der Waals surface area contributed by atoms with Crippen molar-refractivity contribution >= 4 is 12.2 Å². The SMILES string of the molecule is CC.CC1=NC=NC2=CNC=CN21. The normalized spacial score (nSPS) is 17.6. The molecule has 0 aromatic carbocycles. The van der Waals surface area contributed by atoms with Gasteiger partial charge >= 0.3 is 0 Å². The van der Waals surface area contributed by atoms with E-state index in [1.54, 1.807) is 6.34 Å². The van der Waals surface area contributed by atoms with Crippen molar-refractivity contribution in [3.63, 3.8) is 0 Å². The van der Waals surface area contributed by atoms with Gasteiger partial charge in [0.2, 0.25) is 0 Å². The molecule has 0 aliphatic carbocycles. The zero-order valence-electron chi connectivity index (χ0n) is 8.15. The van der Waals surface area contributed by atoms with Crippen LogP contribution < -0.4 is 5.32 Å². The Kier molecular flexibility index (Phi) is 3.25. The molecule has 0 fully saturated rings. The summed E-state index contributed by atoms with van der Waals surface area (Å²) in [6, 6.07) is 0. The van der Waals surface area contributed by atoms with Crippen LogP contribution in [0.4, 0.5) is 0 Å². The highest BCUT2D eigenvalue weighted by atomic mass is 15.3. The lowest BCUT2D eigenvalue weighted by molar-refractivity contribution is 0.640. The molecular formula is C9H14N4. The Morgan fingerprint density at radius 2 is 2.15 bits per heavy atom. The highest BCUT2D eigenvalue weighted by Crippen LogP contribution is 2.12. The van der Waals surface area contributed by atoms with E-state index in [2.05, 4.69) is 15.3 Å². The minimum Gasteiger partial charge on any atom is -0.363 e. The molecule has 2 aliphatic heterocycles. The molecule has 0 unspecified atom stereocenters. The Hall–Kier alpha value is -1.58. The first-order valence-electron chi connectivity index (χ1n) is 4.37. The lowest BCUT2D eigenvalue weighted by Gasteiger charge is -2.24. The molecule has 0 amide bonds. The summed E-state index contributed by atoms with van der Waals surface area (Å²) in [5, 5.41) is 2.95. The van der Waals surface area contributed by atoms with E-state index in [0.717, 1.165) is 11.7 Å². The Balaban J connectivity index is 0.000000396. The maximum absolute atomic E-state index is 4.06. The average Bonchev–Trinajstić information content (AvgIpc) is 2.22. The van der Waals surface area contributed by atoms with E-state index in [1.807, 2.05) is 44.3 Å². The minimum absolute atomic E-state index is 0.875. The Bertz CT molecular complexity index is 286. The third kappa shape index (κ3) is 1.96. The molecule has 0 saturated heterocycles. The maximum atomic E-state index is 4.06. The summed E-state index contributed by atoms with van der Waals surface area (Å²) in [6.07, 6.45) is 7.11. The molecular weight excluding hydrogens is 164 g/mol. The van der Waals surface area contributed by atoms with E-state index in [-0.39, 0.29) is 0 Å². The predicted molar refractivity (Wildman–Crippen MR) is 55.1 cm³/mol. The molecule has 70 valence electrons. The van der Waals surface area contributed by atoms with Crippen LogP contribution in [0.1, 0.15) is 20.8 Å². The highest BCUT2D eigenvalue weighted by molar-refractivity contribution is 5.91. The number of hydrogen-bond donors (Lipinski definition) is 1. The second-order valence-electron chi connectivity index (χ2n) is 2.28. The van der Waals surface area contributed by atoms with Crippen LogP contribution in [0.3, 0.4) is 0 Å². The fourth-order valence-corrected chi connectivity index (χ4v) is 0.993. The zero-order valence-corrected chi connectivity index (χ0v) is 8.15. The van der Waals surface area contributed by atoms with Crippen LogP contribution in [0, 0.1) is 0 Å². The lowest BCUT2D eigenvalue weighted by Crippen LogP contribution is -2.28. The quantitative estimate of drug-likeness (QED) is 0.612. The molecule has 1 N–H and O–H groups in total. The van der Waals surface area contributed by atoms with Gasteiger partial charge in [0.25, 0.3) is 0 Å². The van der Waals surface area contributed by atoms with Crippen LogP contribution in [0.2, 0.25) is 0 Å². The summed E-state index contributed by atoms with van der Waals surface area (Å²) in [5.41, 5.74) is 0. The number of nitrogens with zero attached hydrogens (tertiary/aromatic N) is 3. The van der Waals surface area contributed by atoms with Gasteiger partial charge in [-0.25, -0.2) is 9.98 Å². The Morgan fingerprint density at radius 1 is 1.38 bits per heavy atom. The van der Waals surface area contributed by atoms with Crippen LogP contribution >= 0.6 is 0 Å². The fraction of sp³-hybridized carbons (Fsp3) is 0.333. The molecule has 0 bridgehead atoms. The number of rotatable bonds is 0. The third-order valence-electron chi connectivity index (χ3n) is 1.56. The minimum atomic E-state index is 0.875. The van der Waals surface area contributed by atoms with Gasteiger partial charge < -0.3 is 5.32 Å². The molecule has 0 aromatic rings. The summed E-state index contributed by atoms with van der Waals surface area (Å²) in [4.78, 5) is 10.0. The number of nitrogens with one attached hydrogen (secondary N) is 1. The van der Waals surface area contributed by atoms with Crippen molar-refractivity contribution in [2.45, 2.75) is 20.8 Å². The topological polar surface area (TPSA) is 40.0 Å². The molecule has 0 spiro atoms. The van der Waals surface area contributed by atoms with Gasteiger partial charge in [0.15, 0.2) is 5.82 Å². The molecule has 4 heteroatoms. The van der Waals surface area contributed by atoms with Crippen LogP contribution in [0.15, 0.2) is 34.4 Å². The van der Waals surface area contributed by atoms with E-state index < -0.39 is 0 Å². The van der Waals surface area contributed by atoms with Crippen molar-refractivity contribution in [2.75, 3.05) is 0 Å². The molecule has 0 aromatic heterocycles. The largest absolute Gasteiger partial charge is 0.363 e. The van der Waals surface area contributed by atoms with Gasteiger partial charge in [0, 0.05) is 18.6 Å². The molecule has 0 radical (unpaired) electrons. The standard InChI is InChI=1S/C7H8N4.C2H6/c1-6-9-5-10-7-4-8-2-3-11(6)7;1-2/h2-5,8H,1H3;1-2H3. The first-order chi connectivity index (χ1) is 6.38. The van der Waals surface area contributed by atoms with Gasteiger partial charge in [-0.1, -0.05) is 13.8 Å². The van der Waals surface area contributed by atoms with Gasteiger partial charge in [0.1, 0.15) is 12.2 Å². The van der Waals surface area contributed by atoms with Crippen molar-refractivity contribution in [2.24, 2.45) is 9.98 Å². The molecule has 4 nitrogen and oxygen atoms in total. The first kappa shape index (κ1) is 9.51.